The Balaban J connectivity index is 1.69. The lowest BCUT2D eigenvalue weighted by Crippen LogP contribution is -2.46. The highest BCUT2D eigenvalue weighted by molar-refractivity contribution is 6.30. The van der Waals surface area contributed by atoms with Crippen molar-refractivity contribution >= 4 is 13.3 Å². The Morgan fingerprint density at radius 3 is 2.83 bits per heavy atom. The number of carbonyl (C=O) groups excluding carboxylic acids is 1. The fourth-order valence-corrected chi connectivity index (χ4v) is 3.28. The molecule has 1 radical (unpaired) electrons. The first kappa shape index (κ1) is 18.6. The summed E-state index contributed by atoms with van der Waals surface area (Å²) in [6.07, 6.45) is 8.62. The maximum Gasteiger partial charge on any atom is 0.311 e. The van der Waals surface area contributed by atoms with Crippen LogP contribution in [0.25, 0.3) is 0 Å². The summed E-state index contributed by atoms with van der Waals surface area (Å²) < 4.78 is 5.50. The van der Waals surface area contributed by atoms with Gasteiger partial charge in [-0.15, -0.1) is 0 Å². The second-order valence-electron chi connectivity index (χ2n) is 6.82. The quantitative estimate of drug-likeness (QED) is 0.303. The van der Waals surface area contributed by atoms with E-state index in [4.69, 9.17) is 20.6 Å². The average molecular weight is 323 g/mol. The summed E-state index contributed by atoms with van der Waals surface area (Å²) in [6.45, 7) is 0.282. The van der Waals surface area contributed by atoms with E-state index in [2.05, 4.69) is 5.32 Å². The maximum atomic E-state index is 12.2. The zero-order valence-corrected chi connectivity index (χ0v) is 13.6. The lowest BCUT2D eigenvalue weighted by Gasteiger charge is -2.33. The molecule has 1 fully saturated rings. The molecule has 0 amide bonds. The number of aliphatic hydroxyl groups is 2. The minimum atomic E-state index is -1.39. The molecule has 23 heavy (non-hydrogen) atoms. The lowest BCUT2D eigenvalue weighted by molar-refractivity contribution is -0.119. The van der Waals surface area contributed by atoms with Crippen LogP contribution in [-0.2, 0) is 9.45 Å². The van der Waals surface area contributed by atoms with Crippen LogP contribution in [0.3, 0.4) is 0 Å². The average Bonchev–Trinajstić information content (AvgIpc) is 2.70. The molecule has 2 rings (SSSR count). The van der Waals surface area contributed by atoms with E-state index >= 15 is 0 Å². The standard InChI is InChI=1S/C16H28BN2O4/c18-16(7-2-1-3-8-16)10-12(20)11-19-14-6-4-5-13(23-17-14)9-15(21)22/h4-5,13-15,19,21-22H,1-3,6-11,18H2/t13-,14+/m1/s1. The molecule has 0 saturated heterocycles. The SMILES string of the molecule is NC1(CC(=O)CN[C@@H]2[B]O[C@@H](CC(O)O)C=CC2)CCCCC1. The molecule has 0 unspecified atom stereocenters. The van der Waals surface area contributed by atoms with Crippen LogP contribution < -0.4 is 11.1 Å². The van der Waals surface area contributed by atoms with E-state index in [-0.39, 0.29) is 36.3 Å². The highest BCUT2D eigenvalue weighted by Gasteiger charge is 2.30. The van der Waals surface area contributed by atoms with Crippen molar-refractivity contribution in [2.45, 2.75) is 75.2 Å². The molecule has 0 aromatic heterocycles. The number of carbonyl (C=O) groups is 1. The minimum Gasteiger partial charge on any atom is -0.432 e. The van der Waals surface area contributed by atoms with Gasteiger partial charge in [0.2, 0.25) is 0 Å². The normalized spacial score (nSPS) is 27.5. The summed E-state index contributed by atoms with van der Waals surface area (Å²) in [6, 6.07) is 0. The predicted octanol–water partition coefficient (Wildman–Crippen LogP) is 0.188. The van der Waals surface area contributed by atoms with Crippen LogP contribution >= 0.6 is 0 Å². The van der Waals surface area contributed by atoms with Gasteiger partial charge in [0.1, 0.15) is 5.78 Å². The molecule has 2 atom stereocenters. The zero-order valence-electron chi connectivity index (χ0n) is 13.6. The van der Waals surface area contributed by atoms with E-state index in [9.17, 15) is 4.79 Å². The number of aliphatic hydroxyl groups excluding tert-OH is 1. The Hall–Kier alpha value is -0.725. The van der Waals surface area contributed by atoms with E-state index in [1.165, 1.54) is 6.42 Å². The highest BCUT2D eigenvalue weighted by atomic mass is 16.5. The largest absolute Gasteiger partial charge is 0.432 e. The van der Waals surface area contributed by atoms with Gasteiger partial charge in [0.05, 0.1) is 12.6 Å². The van der Waals surface area contributed by atoms with Crippen LogP contribution in [0.4, 0.5) is 0 Å². The number of nitrogens with one attached hydrogen (secondary N) is 1. The molecule has 1 aliphatic carbocycles. The van der Waals surface area contributed by atoms with Gasteiger partial charge < -0.3 is 25.9 Å². The van der Waals surface area contributed by atoms with Gasteiger partial charge in [0.15, 0.2) is 6.29 Å². The summed E-state index contributed by atoms with van der Waals surface area (Å²) in [5.41, 5.74) is 6.00. The van der Waals surface area contributed by atoms with Crippen molar-refractivity contribution in [2.75, 3.05) is 6.54 Å². The third-order valence-electron chi connectivity index (χ3n) is 4.56. The van der Waals surface area contributed by atoms with Crippen molar-refractivity contribution in [2.24, 2.45) is 5.73 Å². The van der Waals surface area contributed by atoms with Crippen LogP contribution in [0.5, 0.6) is 0 Å². The molecular formula is C16H28BN2O4. The molecule has 129 valence electrons. The topological polar surface area (TPSA) is 105 Å². The number of hydrogen-bond acceptors (Lipinski definition) is 6. The van der Waals surface area contributed by atoms with Crippen molar-refractivity contribution < 1.29 is 19.7 Å². The Labute approximate surface area is 138 Å². The van der Waals surface area contributed by atoms with Crippen molar-refractivity contribution in [1.82, 2.24) is 5.32 Å². The van der Waals surface area contributed by atoms with Crippen LogP contribution in [0.2, 0.25) is 0 Å². The molecule has 0 aromatic rings. The number of rotatable bonds is 7. The number of Topliss-reactive ketones (excluding diaryl/α,β-unsaturated/α-hetero) is 1. The van der Waals surface area contributed by atoms with Crippen molar-refractivity contribution in [3.63, 3.8) is 0 Å². The molecule has 1 heterocycles. The summed E-state index contributed by atoms with van der Waals surface area (Å²) >= 11 is 0. The second-order valence-corrected chi connectivity index (χ2v) is 6.82. The van der Waals surface area contributed by atoms with Gasteiger partial charge in [0.25, 0.3) is 0 Å². The van der Waals surface area contributed by atoms with Crippen molar-refractivity contribution in [1.29, 1.82) is 0 Å². The van der Waals surface area contributed by atoms with E-state index in [1.54, 1.807) is 7.48 Å². The van der Waals surface area contributed by atoms with Crippen molar-refractivity contribution in [3.8, 4) is 0 Å². The lowest BCUT2D eigenvalue weighted by atomic mass is 9.79. The summed E-state index contributed by atoms with van der Waals surface area (Å²) in [5, 5.41) is 21.1. The molecule has 5 N–H and O–H groups in total. The van der Waals surface area contributed by atoms with E-state index in [1.807, 2.05) is 12.2 Å². The second kappa shape index (κ2) is 8.94. The third-order valence-corrected chi connectivity index (χ3v) is 4.56. The molecule has 2 aliphatic rings. The summed E-state index contributed by atoms with van der Waals surface area (Å²) in [4.78, 5) is 12.2. The van der Waals surface area contributed by atoms with Gasteiger partial charge in [-0.25, -0.2) is 0 Å². The molecule has 1 saturated carbocycles. The van der Waals surface area contributed by atoms with E-state index in [0.717, 1.165) is 25.7 Å². The predicted molar refractivity (Wildman–Crippen MR) is 88.6 cm³/mol. The first-order valence-electron chi connectivity index (χ1n) is 8.52. The zero-order chi connectivity index (χ0) is 16.7. The number of nitrogens with two attached hydrogens (primary N) is 1. The summed E-state index contributed by atoms with van der Waals surface area (Å²) in [5.74, 6) is 0.0782. The Morgan fingerprint density at radius 1 is 1.39 bits per heavy atom. The van der Waals surface area contributed by atoms with Crippen LogP contribution in [-0.4, -0.2) is 53.9 Å². The third kappa shape index (κ3) is 6.73. The van der Waals surface area contributed by atoms with Gasteiger partial charge in [-0.3, -0.25) is 4.79 Å². The first-order valence-corrected chi connectivity index (χ1v) is 8.52. The van der Waals surface area contributed by atoms with Gasteiger partial charge >= 0.3 is 7.48 Å². The Kier molecular flexibility index (Phi) is 7.24. The van der Waals surface area contributed by atoms with E-state index < -0.39 is 6.29 Å². The molecule has 7 heteroatoms. The van der Waals surface area contributed by atoms with Crippen LogP contribution in [0.1, 0.15) is 51.4 Å². The molecule has 1 aliphatic heterocycles. The maximum absolute atomic E-state index is 12.2. The molecule has 0 bridgehead atoms. The summed E-state index contributed by atoms with van der Waals surface area (Å²) in [7, 11) is 1.64. The Bertz CT molecular complexity index is 411. The van der Waals surface area contributed by atoms with Crippen LogP contribution in [0, 0.1) is 0 Å². The number of hydrogen-bond donors (Lipinski definition) is 4. The minimum absolute atomic E-state index is 0.0592. The molecule has 0 aromatic carbocycles. The smallest absolute Gasteiger partial charge is 0.311 e. The van der Waals surface area contributed by atoms with Crippen molar-refractivity contribution in [3.05, 3.63) is 12.2 Å². The van der Waals surface area contributed by atoms with Gasteiger partial charge in [-0.1, -0.05) is 31.4 Å². The van der Waals surface area contributed by atoms with E-state index in [0.29, 0.717) is 12.8 Å². The van der Waals surface area contributed by atoms with Gasteiger partial charge in [-0.2, -0.15) is 0 Å². The van der Waals surface area contributed by atoms with Crippen LogP contribution in [0.15, 0.2) is 12.2 Å². The van der Waals surface area contributed by atoms with Gasteiger partial charge in [0, 0.05) is 24.3 Å². The molecule has 6 nitrogen and oxygen atoms in total. The van der Waals surface area contributed by atoms with Gasteiger partial charge in [-0.05, 0) is 19.3 Å². The highest BCUT2D eigenvalue weighted by Crippen LogP contribution is 2.28. The fraction of sp³-hybridized carbons (Fsp3) is 0.812. The molecular weight excluding hydrogens is 295 g/mol. The molecule has 0 spiro atoms. The Morgan fingerprint density at radius 2 is 2.13 bits per heavy atom. The monoisotopic (exact) mass is 323 g/mol. The fourth-order valence-electron chi connectivity index (χ4n) is 3.28. The first-order chi connectivity index (χ1) is 11.0. The number of ketones is 1.